The van der Waals surface area contributed by atoms with Crippen LogP contribution in [0.3, 0.4) is 0 Å². The van der Waals surface area contributed by atoms with Gasteiger partial charge in [-0.05, 0) is 29.5 Å². The maximum Gasteiger partial charge on any atom is 0.306 e. The second-order valence-electron chi connectivity index (χ2n) is 6.11. The molecule has 1 amide bonds. The monoisotopic (exact) mass is 277 g/mol. The number of carbonyl (C=O) groups is 2. The summed E-state index contributed by atoms with van der Waals surface area (Å²) in [5.41, 5.74) is 1.83. The van der Waals surface area contributed by atoms with E-state index in [1.165, 1.54) is 5.56 Å². The Bertz CT molecular complexity index is 471. The molecule has 110 valence electrons. The second kappa shape index (κ2) is 6.55. The van der Waals surface area contributed by atoms with Gasteiger partial charge in [0, 0.05) is 12.1 Å². The van der Waals surface area contributed by atoms with Crippen molar-refractivity contribution in [2.75, 3.05) is 6.54 Å². The third kappa shape index (κ3) is 4.68. The minimum atomic E-state index is -0.839. The van der Waals surface area contributed by atoms with Crippen LogP contribution in [0.1, 0.15) is 50.0 Å². The maximum absolute atomic E-state index is 11.9. The van der Waals surface area contributed by atoms with Gasteiger partial charge in [-0.2, -0.15) is 0 Å². The van der Waals surface area contributed by atoms with Crippen molar-refractivity contribution in [3.8, 4) is 0 Å². The third-order valence-electron chi connectivity index (χ3n) is 3.30. The highest BCUT2D eigenvalue weighted by Crippen LogP contribution is 2.22. The summed E-state index contributed by atoms with van der Waals surface area (Å²) in [6.07, 6.45) is 0.432. The van der Waals surface area contributed by atoms with Crippen molar-refractivity contribution in [3.05, 3.63) is 35.4 Å². The second-order valence-corrected chi connectivity index (χ2v) is 6.11. The van der Waals surface area contributed by atoms with E-state index in [0.29, 0.717) is 18.5 Å². The van der Waals surface area contributed by atoms with E-state index in [1.807, 2.05) is 12.1 Å². The lowest BCUT2D eigenvalue weighted by Crippen LogP contribution is -2.27. The van der Waals surface area contributed by atoms with Crippen molar-refractivity contribution in [2.45, 2.75) is 39.5 Å². The Morgan fingerprint density at radius 3 is 2.20 bits per heavy atom. The molecule has 4 heteroatoms. The smallest absolute Gasteiger partial charge is 0.306 e. The topological polar surface area (TPSA) is 66.4 Å². The Balaban J connectivity index is 2.54. The minimum absolute atomic E-state index is 0.0614. The predicted octanol–water partition coefficient (Wildman–Crippen LogP) is 2.82. The first-order valence-electron chi connectivity index (χ1n) is 6.83. The van der Waals surface area contributed by atoms with Crippen LogP contribution in [0.2, 0.25) is 0 Å². The summed E-state index contributed by atoms with van der Waals surface area (Å²) in [4.78, 5) is 22.6. The van der Waals surface area contributed by atoms with Crippen LogP contribution in [-0.2, 0) is 10.2 Å². The normalized spacial score (nSPS) is 12.8. The van der Waals surface area contributed by atoms with Gasteiger partial charge >= 0.3 is 5.97 Å². The molecule has 0 saturated carbocycles. The number of carbonyl (C=O) groups excluding carboxylic acids is 1. The summed E-state index contributed by atoms with van der Waals surface area (Å²) in [6, 6.07) is 7.51. The van der Waals surface area contributed by atoms with Crippen molar-refractivity contribution in [1.82, 2.24) is 5.32 Å². The number of carboxylic acids is 1. The Labute approximate surface area is 120 Å². The zero-order valence-corrected chi connectivity index (χ0v) is 12.6. The standard InChI is InChI=1S/C16H23NO3/c1-11(15(19)20)9-10-17-14(18)12-5-7-13(8-6-12)16(2,3)4/h5-8,11H,9-10H2,1-4H3,(H,17,18)(H,19,20). The summed E-state index contributed by atoms with van der Waals surface area (Å²) in [7, 11) is 0. The van der Waals surface area contributed by atoms with Crippen LogP contribution >= 0.6 is 0 Å². The molecule has 0 bridgehead atoms. The summed E-state index contributed by atoms with van der Waals surface area (Å²) in [5.74, 6) is -1.45. The molecule has 0 aliphatic heterocycles. The van der Waals surface area contributed by atoms with Gasteiger partial charge in [0.1, 0.15) is 0 Å². The van der Waals surface area contributed by atoms with Crippen molar-refractivity contribution >= 4 is 11.9 Å². The predicted molar refractivity (Wildman–Crippen MR) is 78.9 cm³/mol. The SMILES string of the molecule is CC(CCNC(=O)c1ccc(C(C)(C)C)cc1)C(=O)O. The fourth-order valence-electron chi connectivity index (χ4n) is 1.75. The Morgan fingerprint density at radius 2 is 1.75 bits per heavy atom. The molecule has 20 heavy (non-hydrogen) atoms. The number of nitrogens with one attached hydrogen (secondary N) is 1. The van der Waals surface area contributed by atoms with Crippen LogP contribution in [-0.4, -0.2) is 23.5 Å². The quantitative estimate of drug-likeness (QED) is 0.869. The van der Waals surface area contributed by atoms with Crippen LogP contribution < -0.4 is 5.32 Å². The fraction of sp³-hybridized carbons (Fsp3) is 0.500. The van der Waals surface area contributed by atoms with Crippen molar-refractivity contribution in [1.29, 1.82) is 0 Å². The molecule has 0 radical (unpaired) electrons. The van der Waals surface area contributed by atoms with Gasteiger partial charge in [-0.1, -0.05) is 39.8 Å². The van der Waals surface area contributed by atoms with Gasteiger partial charge in [0.2, 0.25) is 0 Å². The van der Waals surface area contributed by atoms with Crippen molar-refractivity contribution < 1.29 is 14.7 Å². The van der Waals surface area contributed by atoms with Gasteiger partial charge in [-0.15, -0.1) is 0 Å². The molecule has 0 aromatic heterocycles. The molecular weight excluding hydrogens is 254 g/mol. The molecule has 0 aliphatic rings. The van der Waals surface area contributed by atoms with Gasteiger partial charge in [0.25, 0.3) is 5.91 Å². The molecule has 2 N–H and O–H groups in total. The Kier molecular flexibility index (Phi) is 5.31. The third-order valence-corrected chi connectivity index (χ3v) is 3.30. The van der Waals surface area contributed by atoms with Gasteiger partial charge in [-0.3, -0.25) is 9.59 Å². The molecule has 0 fully saturated rings. The minimum Gasteiger partial charge on any atom is -0.481 e. The molecule has 0 heterocycles. The van der Waals surface area contributed by atoms with Gasteiger partial charge < -0.3 is 10.4 Å². The first-order valence-corrected chi connectivity index (χ1v) is 6.83. The highest BCUT2D eigenvalue weighted by atomic mass is 16.4. The van der Waals surface area contributed by atoms with Crippen LogP contribution in [0.25, 0.3) is 0 Å². The van der Waals surface area contributed by atoms with E-state index < -0.39 is 11.9 Å². The van der Waals surface area contributed by atoms with E-state index in [2.05, 4.69) is 26.1 Å². The van der Waals surface area contributed by atoms with Crippen LogP contribution in [0.5, 0.6) is 0 Å². The van der Waals surface area contributed by atoms with Crippen LogP contribution in [0.4, 0.5) is 0 Å². The average Bonchev–Trinajstić information content (AvgIpc) is 2.37. The van der Waals surface area contributed by atoms with E-state index >= 15 is 0 Å². The lowest BCUT2D eigenvalue weighted by molar-refractivity contribution is -0.141. The number of aliphatic carboxylic acids is 1. The highest BCUT2D eigenvalue weighted by Gasteiger charge is 2.15. The summed E-state index contributed by atoms with van der Waals surface area (Å²) in [6.45, 7) is 8.36. The molecular formula is C16H23NO3. The molecule has 0 aliphatic carbocycles. The van der Waals surface area contributed by atoms with Crippen LogP contribution in [0.15, 0.2) is 24.3 Å². The van der Waals surface area contributed by atoms with Gasteiger partial charge in [0.05, 0.1) is 5.92 Å². The van der Waals surface area contributed by atoms with E-state index in [-0.39, 0.29) is 11.3 Å². The average molecular weight is 277 g/mol. The number of carboxylic acid groups (broad SMARTS) is 1. The van der Waals surface area contributed by atoms with Crippen molar-refractivity contribution in [2.24, 2.45) is 5.92 Å². The molecule has 1 unspecified atom stereocenters. The number of hydrogen-bond donors (Lipinski definition) is 2. The largest absolute Gasteiger partial charge is 0.481 e. The summed E-state index contributed by atoms with van der Waals surface area (Å²) < 4.78 is 0. The van der Waals surface area contributed by atoms with E-state index in [0.717, 1.165) is 0 Å². The Morgan fingerprint density at radius 1 is 1.20 bits per heavy atom. The Hall–Kier alpha value is -1.84. The van der Waals surface area contributed by atoms with E-state index in [9.17, 15) is 9.59 Å². The first kappa shape index (κ1) is 16.2. The fourth-order valence-corrected chi connectivity index (χ4v) is 1.75. The number of rotatable bonds is 5. The number of amides is 1. The molecule has 0 saturated heterocycles. The number of hydrogen-bond acceptors (Lipinski definition) is 2. The molecule has 1 aromatic rings. The zero-order chi connectivity index (χ0) is 15.3. The molecule has 1 atom stereocenters. The highest BCUT2D eigenvalue weighted by molar-refractivity contribution is 5.94. The van der Waals surface area contributed by atoms with Crippen LogP contribution in [0, 0.1) is 5.92 Å². The zero-order valence-electron chi connectivity index (χ0n) is 12.6. The van der Waals surface area contributed by atoms with Gasteiger partial charge in [0.15, 0.2) is 0 Å². The lowest BCUT2D eigenvalue weighted by atomic mass is 9.87. The first-order chi connectivity index (χ1) is 9.21. The summed E-state index contributed by atoms with van der Waals surface area (Å²) >= 11 is 0. The van der Waals surface area contributed by atoms with E-state index in [1.54, 1.807) is 19.1 Å². The number of benzene rings is 1. The molecule has 0 spiro atoms. The van der Waals surface area contributed by atoms with E-state index in [4.69, 9.17) is 5.11 Å². The van der Waals surface area contributed by atoms with Gasteiger partial charge in [-0.25, -0.2) is 0 Å². The maximum atomic E-state index is 11.9. The lowest BCUT2D eigenvalue weighted by Gasteiger charge is -2.19. The van der Waals surface area contributed by atoms with Crippen molar-refractivity contribution in [3.63, 3.8) is 0 Å². The molecule has 4 nitrogen and oxygen atoms in total. The summed E-state index contributed by atoms with van der Waals surface area (Å²) in [5, 5.41) is 11.5. The molecule has 1 aromatic carbocycles. The molecule has 1 rings (SSSR count).